The number of hydrogen-bond acceptors (Lipinski definition) is 5. The number of hydrogen-bond donors (Lipinski definition) is 3. The molecule has 6 amide bonds. The van der Waals surface area contributed by atoms with Crippen LogP contribution in [0.25, 0.3) is 0 Å². The maximum Gasteiger partial charge on any atom is 0.328 e. The standard InChI is InChI=1S/C29H37N5O5/c1-19(2)17-24(25(36)30-20(3)15-16-35)34-26(37)29(4,5)33(28(34)39)18-21-11-13-23(14-12-21)32-27(38)31-22-9-7-6-8-10-22/h6-14,16,19-20,24H,15,17-18H2,1-5H3,(H,30,36)(H2,31,32,38)/t20?,24-/m0/s1. The zero-order valence-electron chi connectivity index (χ0n) is 23.1. The van der Waals surface area contributed by atoms with Crippen LogP contribution in [0, 0.1) is 5.92 Å². The molecule has 0 bridgehead atoms. The summed E-state index contributed by atoms with van der Waals surface area (Å²) in [4.78, 5) is 65.8. The van der Waals surface area contributed by atoms with Crippen molar-refractivity contribution in [2.45, 2.75) is 71.6 Å². The minimum atomic E-state index is -1.17. The molecule has 0 aliphatic carbocycles. The van der Waals surface area contributed by atoms with E-state index >= 15 is 0 Å². The third-order valence-electron chi connectivity index (χ3n) is 6.59. The highest BCUT2D eigenvalue weighted by atomic mass is 16.2. The van der Waals surface area contributed by atoms with Crippen LogP contribution >= 0.6 is 0 Å². The predicted octanol–water partition coefficient (Wildman–Crippen LogP) is 4.38. The lowest BCUT2D eigenvalue weighted by Gasteiger charge is -2.28. The Bertz CT molecular complexity index is 1200. The first-order chi connectivity index (χ1) is 18.4. The second kappa shape index (κ2) is 12.6. The lowest BCUT2D eigenvalue weighted by molar-refractivity contribution is -0.139. The van der Waals surface area contributed by atoms with Crippen molar-refractivity contribution in [1.82, 2.24) is 15.1 Å². The SMILES string of the molecule is CC(C)C[C@@H](C(=O)NC(C)CC=O)N1C(=O)N(Cc2ccc(NC(=O)Nc3ccccc3)cc2)C(C)(C)C1=O. The third kappa shape index (κ3) is 7.22. The maximum atomic E-state index is 13.6. The largest absolute Gasteiger partial charge is 0.351 e. The molecule has 0 saturated carbocycles. The minimum absolute atomic E-state index is 0.0408. The van der Waals surface area contributed by atoms with Crippen LogP contribution in [0.5, 0.6) is 0 Å². The first kappa shape index (κ1) is 29.3. The Balaban J connectivity index is 1.73. The minimum Gasteiger partial charge on any atom is -0.351 e. The zero-order chi connectivity index (χ0) is 28.7. The van der Waals surface area contributed by atoms with Crippen LogP contribution in [-0.4, -0.2) is 57.6 Å². The molecule has 208 valence electrons. The summed E-state index contributed by atoms with van der Waals surface area (Å²) in [7, 11) is 0. The molecule has 3 N–H and O–H groups in total. The summed E-state index contributed by atoms with van der Waals surface area (Å²) in [5, 5.41) is 8.27. The molecule has 10 nitrogen and oxygen atoms in total. The Labute approximate surface area is 229 Å². The number of imide groups is 1. The lowest BCUT2D eigenvalue weighted by atomic mass is 9.99. The van der Waals surface area contributed by atoms with Crippen molar-refractivity contribution in [3.05, 3.63) is 60.2 Å². The molecule has 1 fully saturated rings. The van der Waals surface area contributed by atoms with Crippen LogP contribution in [0.2, 0.25) is 0 Å². The highest BCUT2D eigenvalue weighted by molar-refractivity contribution is 6.09. The van der Waals surface area contributed by atoms with Crippen LogP contribution < -0.4 is 16.0 Å². The maximum absolute atomic E-state index is 13.6. The van der Waals surface area contributed by atoms with Crippen LogP contribution in [0.1, 0.15) is 53.0 Å². The fourth-order valence-electron chi connectivity index (χ4n) is 4.42. The number of para-hydroxylation sites is 1. The van der Waals surface area contributed by atoms with Gasteiger partial charge in [-0.2, -0.15) is 0 Å². The number of urea groups is 2. The van der Waals surface area contributed by atoms with Crippen molar-refractivity contribution >= 4 is 41.5 Å². The van der Waals surface area contributed by atoms with E-state index in [9.17, 15) is 24.0 Å². The molecule has 1 saturated heterocycles. The molecular weight excluding hydrogens is 498 g/mol. The molecule has 1 unspecified atom stereocenters. The molecule has 0 aromatic heterocycles. The lowest BCUT2D eigenvalue weighted by Crippen LogP contribution is -2.53. The molecule has 10 heteroatoms. The van der Waals surface area contributed by atoms with Crippen LogP contribution in [0.3, 0.4) is 0 Å². The van der Waals surface area contributed by atoms with Crippen molar-refractivity contribution in [2.75, 3.05) is 10.6 Å². The molecule has 3 rings (SSSR count). The molecule has 1 heterocycles. The number of rotatable bonds is 11. The molecule has 1 aliphatic rings. The van der Waals surface area contributed by atoms with E-state index in [0.29, 0.717) is 17.8 Å². The molecule has 2 aromatic carbocycles. The number of carbonyl (C=O) groups is 5. The quantitative estimate of drug-likeness (QED) is 0.291. The van der Waals surface area contributed by atoms with Gasteiger partial charge >= 0.3 is 12.1 Å². The van der Waals surface area contributed by atoms with Crippen molar-refractivity contribution in [1.29, 1.82) is 0 Å². The predicted molar refractivity (Wildman–Crippen MR) is 149 cm³/mol. The molecular formula is C29H37N5O5. The summed E-state index contributed by atoms with van der Waals surface area (Å²) in [6.07, 6.45) is 1.15. The summed E-state index contributed by atoms with van der Waals surface area (Å²) < 4.78 is 0. The normalized spacial score (nSPS) is 16.2. The summed E-state index contributed by atoms with van der Waals surface area (Å²) in [6, 6.07) is 13.7. The van der Waals surface area contributed by atoms with Gasteiger partial charge in [0.1, 0.15) is 17.9 Å². The highest BCUT2D eigenvalue weighted by Crippen LogP contribution is 2.32. The molecule has 1 aliphatic heterocycles. The fraction of sp³-hybridized carbons (Fsp3) is 0.414. The van der Waals surface area contributed by atoms with Crippen molar-refractivity contribution in [3.8, 4) is 0 Å². The number of nitrogens with zero attached hydrogens (tertiary/aromatic N) is 2. The van der Waals surface area contributed by atoms with Gasteiger partial charge in [0.25, 0.3) is 5.91 Å². The molecule has 2 aromatic rings. The highest BCUT2D eigenvalue weighted by Gasteiger charge is 2.54. The van der Waals surface area contributed by atoms with E-state index in [1.165, 1.54) is 4.90 Å². The van der Waals surface area contributed by atoms with Crippen LogP contribution in [0.15, 0.2) is 54.6 Å². The number of amides is 6. The van der Waals surface area contributed by atoms with Gasteiger partial charge < -0.3 is 25.6 Å². The first-order valence-electron chi connectivity index (χ1n) is 13.0. The van der Waals surface area contributed by atoms with E-state index in [-0.39, 0.29) is 24.9 Å². The topological polar surface area (TPSA) is 128 Å². The number of carbonyl (C=O) groups excluding carboxylic acids is 5. The number of benzene rings is 2. The van der Waals surface area contributed by atoms with Crippen molar-refractivity contribution in [2.24, 2.45) is 5.92 Å². The van der Waals surface area contributed by atoms with Gasteiger partial charge in [-0.05, 0) is 62.9 Å². The molecule has 0 radical (unpaired) electrons. The second-order valence-electron chi connectivity index (χ2n) is 10.7. The van der Waals surface area contributed by atoms with E-state index < -0.39 is 35.5 Å². The summed E-state index contributed by atoms with van der Waals surface area (Å²) in [5.74, 6) is -0.868. The van der Waals surface area contributed by atoms with Gasteiger partial charge in [0, 0.05) is 30.4 Å². The van der Waals surface area contributed by atoms with E-state index in [4.69, 9.17) is 0 Å². The van der Waals surface area contributed by atoms with E-state index in [2.05, 4.69) is 16.0 Å². The molecule has 39 heavy (non-hydrogen) atoms. The van der Waals surface area contributed by atoms with Crippen molar-refractivity contribution < 1.29 is 24.0 Å². The number of anilines is 2. The van der Waals surface area contributed by atoms with Gasteiger partial charge in [0.15, 0.2) is 0 Å². The summed E-state index contributed by atoms with van der Waals surface area (Å²) in [6.45, 7) is 9.00. The zero-order valence-corrected chi connectivity index (χ0v) is 23.1. The van der Waals surface area contributed by atoms with E-state index in [1.807, 2.05) is 32.0 Å². The van der Waals surface area contributed by atoms with Gasteiger partial charge in [-0.25, -0.2) is 14.5 Å². The van der Waals surface area contributed by atoms with Gasteiger partial charge in [0.05, 0.1) is 0 Å². The summed E-state index contributed by atoms with van der Waals surface area (Å²) in [5.41, 5.74) is 0.811. The van der Waals surface area contributed by atoms with Crippen LogP contribution in [-0.2, 0) is 20.9 Å². The van der Waals surface area contributed by atoms with Gasteiger partial charge in [0.2, 0.25) is 5.91 Å². The number of nitrogens with one attached hydrogen (secondary N) is 3. The van der Waals surface area contributed by atoms with Gasteiger partial charge in [-0.3, -0.25) is 9.59 Å². The van der Waals surface area contributed by atoms with Crippen molar-refractivity contribution in [3.63, 3.8) is 0 Å². The smallest absolute Gasteiger partial charge is 0.328 e. The number of aldehydes is 1. The molecule has 0 spiro atoms. The monoisotopic (exact) mass is 535 g/mol. The fourth-order valence-corrected chi connectivity index (χ4v) is 4.42. The van der Waals surface area contributed by atoms with Gasteiger partial charge in [-0.1, -0.05) is 44.2 Å². The third-order valence-corrected chi connectivity index (χ3v) is 6.59. The Morgan fingerprint density at radius 3 is 2.08 bits per heavy atom. The Kier molecular flexibility index (Phi) is 9.45. The second-order valence-corrected chi connectivity index (χ2v) is 10.7. The Morgan fingerprint density at radius 2 is 1.51 bits per heavy atom. The summed E-state index contributed by atoms with van der Waals surface area (Å²) >= 11 is 0. The molecule has 2 atom stereocenters. The van der Waals surface area contributed by atoms with E-state index in [1.54, 1.807) is 57.2 Å². The Hall–Kier alpha value is -4.21. The van der Waals surface area contributed by atoms with Crippen LogP contribution in [0.4, 0.5) is 21.0 Å². The average molecular weight is 536 g/mol. The van der Waals surface area contributed by atoms with E-state index in [0.717, 1.165) is 16.7 Å². The first-order valence-corrected chi connectivity index (χ1v) is 13.0. The Morgan fingerprint density at radius 1 is 0.923 bits per heavy atom. The average Bonchev–Trinajstić information content (AvgIpc) is 3.03. The van der Waals surface area contributed by atoms with Gasteiger partial charge in [-0.15, -0.1) is 0 Å².